The highest BCUT2D eigenvalue weighted by Crippen LogP contribution is 2.19. The summed E-state index contributed by atoms with van der Waals surface area (Å²) in [5.74, 6) is -3.26. The van der Waals surface area contributed by atoms with E-state index in [1.54, 1.807) is 31.2 Å². The van der Waals surface area contributed by atoms with E-state index in [1.807, 2.05) is 6.07 Å². The number of amides is 4. The minimum absolute atomic E-state index is 0.134. The number of likely N-dealkylation sites (tertiary alicyclic amines) is 1. The molecule has 10 heteroatoms. The van der Waals surface area contributed by atoms with Crippen molar-refractivity contribution in [1.29, 1.82) is 0 Å². The van der Waals surface area contributed by atoms with Gasteiger partial charge in [0.1, 0.15) is 18.1 Å². The first-order chi connectivity index (χ1) is 15.2. The predicted octanol–water partition coefficient (Wildman–Crippen LogP) is -0.0502. The standard InChI is InChI=1S/C22H30N4O6/c1-2-19(28)26-12-6-9-17(26)21(30)25-16(13-14-7-4-3-5-8-14)20(29)24-15(22(31)32)10-11-18(23)27/h3-5,7-8,15-17H,2,6,9-13H2,1H3,(H2,23,27)(H,24,29)(H,25,30)(H,31,32)/t15-,16-,17-/m0/s1. The van der Waals surface area contributed by atoms with Crippen LogP contribution in [0.25, 0.3) is 0 Å². The lowest BCUT2D eigenvalue weighted by Crippen LogP contribution is -2.56. The number of benzene rings is 1. The lowest BCUT2D eigenvalue weighted by molar-refractivity contribution is -0.143. The second-order valence-corrected chi connectivity index (χ2v) is 7.75. The number of carboxylic acid groups (broad SMARTS) is 1. The zero-order chi connectivity index (χ0) is 23.7. The third-order valence-electron chi connectivity index (χ3n) is 5.39. The Kier molecular flexibility index (Phi) is 9.18. The normalized spacial score (nSPS) is 17.3. The Morgan fingerprint density at radius 3 is 2.41 bits per heavy atom. The number of nitrogens with two attached hydrogens (primary N) is 1. The van der Waals surface area contributed by atoms with Gasteiger partial charge < -0.3 is 26.4 Å². The number of rotatable bonds is 11. The molecule has 1 aromatic carbocycles. The maximum absolute atomic E-state index is 13.0. The van der Waals surface area contributed by atoms with E-state index in [0.29, 0.717) is 19.4 Å². The molecular formula is C22H30N4O6. The molecule has 1 saturated heterocycles. The summed E-state index contributed by atoms with van der Waals surface area (Å²) in [7, 11) is 0. The van der Waals surface area contributed by atoms with E-state index in [-0.39, 0.29) is 31.6 Å². The van der Waals surface area contributed by atoms with Gasteiger partial charge in [-0.25, -0.2) is 4.79 Å². The summed E-state index contributed by atoms with van der Waals surface area (Å²) in [5.41, 5.74) is 5.85. The lowest BCUT2D eigenvalue weighted by atomic mass is 10.0. The number of nitrogens with one attached hydrogen (secondary N) is 2. The Balaban J connectivity index is 2.16. The van der Waals surface area contributed by atoms with Crippen molar-refractivity contribution in [2.45, 2.75) is 63.6 Å². The number of aliphatic carboxylic acids is 1. The van der Waals surface area contributed by atoms with Crippen LogP contribution in [-0.4, -0.2) is 64.3 Å². The summed E-state index contributed by atoms with van der Waals surface area (Å²) in [6.45, 7) is 2.20. The Morgan fingerprint density at radius 2 is 1.81 bits per heavy atom. The van der Waals surface area contributed by atoms with Crippen molar-refractivity contribution >= 4 is 29.6 Å². The van der Waals surface area contributed by atoms with Crippen molar-refractivity contribution < 1.29 is 29.1 Å². The molecule has 2 rings (SSSR count). The molecule has 1 fully saturated rings. The van der Waals surface area contributed by atoms with Gasteiger partial charge in [-0.1, -0.05) is 37.3 Å². The second-order valence-electron chi connectivity index (χ2n) is 7.75. The topological polar surface area (TPSA) is 159 Å². The number of carbonyl (C=O) groups excluding carboxylic acids is 4. The molecule has 0 bridgehead atoms. The fourth-order valence-corrected chi connectivity index (χ4v) is 3.68. The summed E-state index contributed by atoms with van der Waals surface area (Å²) in [5, 5.41) is 14.5. The zero-order valence-corrected chi connectivity index (χ0v) is 18.1. The highest BCUT2D eigenvalue weighted by atomic mass is 16.4. The molecule has 1 heterocycles. The minimum atomic E-state index is -1.32. The van der Waals surface area contributed by atoms with Gasteiger partial charge in [0.2, 0.25) is 23.6 Å². The smallest absolute Gasteiger partial charge is 0.326 e. The largest absolute Gasteiger partial charge is 0.480 e. The molecular weight excluding hydrogens is 416 g/mol. The fourth-order valence-electron chi connectivity index (χ4n) is 3.68. The molecule has 10 nitrogen and oxygen atoms in total. The van der Waals surface area contributed by atoms with E-state index in [9.17, 15) is 29.1 Å². The van der Waals surface area contributed by atoms with E-state index in [2.05, 4.69) is 10.6 Å². The minimum Gasteiger partial charge on any atom is -0.480 e. The molecule has 0 radical (unpaired) electrons. The van der Waals surface area contributed by atoms with E-state index in [0.717, 1.165) is 5.56 Å². The van der Waals surface area contributed by atoms with Gasteiger partial charge in [-0.3, -0.25) is 19.2 Å². The maximum atomic E-state index is 13.0. The Bertz CT molecular complexity index is 844. The van der Waals surface area contributed by atoms with Crippen molar-refractivity contribution in [3.8, 4) is 0 Å². The van der Waals surface area contributed by atoms with Crippen LogP contribution < -0.4 is 16.4 Å². The van der Waals surface area contributed by atoms with Gasteiger partial charge in [0.25, 0.3) is 0 Å². The molecule has 174 valence electrons. The van der Waals surface area contributed by atoms with E-state index >= 15 is 0 Å². The number of nitrogens with zero attached hydrogens (tertiary/aromatic N) is 1. The molecule has 0 unspecified atom stereocenters. The van der Waals surface area contributed by atoms with Gasteiger partial charge in [-0.2, -0.15) is 0 Å². The first-order valence-corrected chi connectivity index (χ1v) is 10.7. The number of hydrogen-bond acceptors (Lipinski definition) is 5. The Labute approximate surface area is 186 Å². The maximum Gasteiger partial charge on any atom is 0.326 e. The molecule has 0 aliphatic carbocycles. The summed E-state index contributed by atoms with van der Waals surface area (Å²) in [6, 6.07) is 5.92. The first kappa shape index (κ1) is 24.8. The van der Waals surface area contributed by atoms with Crippen LogP contribution in [0, 0.1) is 0 Å². The summed E-state index contributed by atoms with van der Waals surface area (Å²) in [4.78, 5) is 62.1. The Morgan fingerprint density at radius 1 is 1.12 bits per heavy atom. The van der Waals surface area contributed by atoms with Gasteiger partial charge in [0.05, 0.1) is 0 Å². The quantitative estimate of drug-likeness (QED) is 0.373. The van der Waals surface area contributed by atoms with Crippen molar-refractivity contribution in [1.82, 2.24) is 15.5 Å². The molecule has 1 aliphatic heterocycles. The predicted molar refractivity (Wildman–Crippen MR) is 115 cm³/mol. The monoisotopic (exact) mass is 446 g/mol. The van der Waals surface area contributed by atoms with Crippen molar-refractivity contribution in [2.24, 2.45) is 5.73 Å². The average molecular weight is 447 g/mol. The van der Waals surface area contributed by atoms with E-state index in [1.165, 1.54) is 4.90 Å². The third-order valence-corrected chi connectivity index (χ3v) is 5.39. The number of primary amides is 1. The van der Waals surface area contributed by atoms with Crippen LogP contribution in [0.2, 0.25) is 0 Å². The van der Waals surface area contributed by atoms with Crippen LogP contribution in [0.5, 0.6) is 0 Å². The van der Waals surface area contributed by atoms with Crippen LogP contribution in [0.15, 0.2) is 30.3 Å². The molecule has 32 heavy (non-hydrogen) atoms. The van der Waals surface area contributed by atoms with Crippen LogP contribution in [0.1, 0.15) is 44.6 Å². The van der Waals surface area contributed by atoms with Crippen LogP contribution in [0.3, 0.4) is 0 Å². The van der Waals surface area contributed by atoms with E-state index < -0.39 is 41.8 Å². The van der Waals surface area contributed by atoms with Gasteiger partial charge in [0, 0.05) is 25.8 Å². The molecule has 3 atom stereocenters. The second kappa shape index (κ2) is 11.8. The molecule has 4 amide bonds. The van der Waals surface area contributed by atoms with Gasteiger partial charge in [-0.05, 0) is 24.8 Å². The highest BCUT2D eigenvalue weighted by Gasteiger charge is 2.35. The summed E-state index contributed by atoms with van der Waals surface area (Å²) >= 11 is 0. The number of carbonyl (C=O) groups is 5. The first-order valence-electron chi connectivity index (χ1n) is 10.7. The SMILES string of the molecule is CCC(=O)N1CCC[C@H]1C(=O)N[C@@H](Cc1ccccc1)C(=O)N[C@@H](CCC(N)=O)C(=O)O. The van der Waals surface area contributed by atoms with Crippen molar-refractivity contribution in [2.75, 3.05) is 6.54 Å². The average Bonchev–Trinajstić information content (AvgIpc) is 3.26. The van der Waals surface area contributed by atoms with Crippen LogP contribution in [-0.2, 0) is 30.4 Å². The van der Waals surface area contributed by atoms with Crippen molar-refractivity contribution in [3.05, 3.63) is 35.9 Å². The molecule has 0 aromatic heterocycles. The van der Waals surface area contributed by atoms with Gasteiger partial charge >= 0.3 is 5.97 Å². The molecule has 0 saturated carbocycles. The fraction of sp³-hybridized carbons (Fsp3) is 0.500. The third kappa shape index (κ3) is 7.07. The van der Waals surface area contributed by atoms with Crippen molar-refractivity contribution in [3.63, 3.8) is 0 Å². The number of carboxylic acids is 1. The molecule has 1 aromatic rings. The lowest BCUT2D eigenvalue weighted by Gasteiger charge is -2.27. The van der Waals surface area contributed by atoms with Crippen LogP contribution in [0.4, 0.5) is 0 Å². The summed E-state index contributed by atoms with van der Waals surface area (Å²) < 4.78 is 0. The zero-order valence-electron chi connectivity index (χ0n) is 18.1. The van der Waals surface area contributed by atoms with Gasteiger partial charge in [0.15, 0.2) is 0 Å². The highest BCUT2D eigenvalue weighted by molar-refractivity contribution is 5.94. The Hall–Kier alpha value is -3.43. The summed E-state index contributed by atoms with van der Waals surface area (Å²) in [6.07, 6.45) is 1.22. The van der Waals surface area contributed by atoms with E-state index in [4.69, 9.17) is 5.73 Å². The van der Waals surface area contributed by atoms with Crippen LogP contribution >= 0.6 is 0 Å². The molecule has 5 N–H and O–H groups in total. The molecule has 0 spiro atoms. The van der Waals surface area contributed by atoms with Gasteiger partial charge in [-0.15, -0.1) is 0 Å². The molecule has 1 aliphatic rings. The number of hydrogen-bond donors (Lipinski definition) is 4.